The average Bonchev–Trinajstić information content (AvgIpc) is 2.75. The summed E-state index contributed by atoms with van der Waals surface area (Å²) in [6, 6.07) is 23.1. The first-order chi connectivity index (χ1) is 14.2. The molecule has 0 fully saturated rings. The van der Waals surface area contributed by atoms with Gasteiger partial charge < -0.3 is 10.1 Å². The summed E-state index contributed by atoms with van der Waals surface area (Å²) in [6.07, 6.45) is 1.97. The van der Waals surface area contributed by atoms with Crippen LogP contribution in [0.5, 0.6) is 11.6 Å². The molecule has 0 aliphatic rings. The average molecular weight is 386 g/mol. The zero-order valence-corrected chi connectivity index (χ0v) is 15.5. The van der Waals surface area contributed by atoms with Crippen molar-refractivity contribution < 1.29 is 9.66 Å². The number of ether oxygens (including phenoxy) is 1. The number of hydrogen-bond acceptors (Lipinski definition) is 6. The van der Waals surface area contributed by atoms with Crippen molar-refractivity contribution in [2.75, 3.05) is 11.9 Å². The fourth-order valence-corrected chi connectivity index (χ4v) is 3.09. The van der Waals surface area contributed by atoms with Gasteiger partial charge >= 0.3 is 11.6 Å². The van der Waals surface area contributed by atoms with Gasteiger partial charge in [0, 0.05) is 11.9 Å². The fraction of sp³-hybridized carbons (Fsp3) is 0.0909. The van der Waals surface area contributed by atoms with E-state index in [9.17, 15) is 10.1 Å². The molecule has 0 amide bonds. The molecule has 7 heteroatoms. The molecular formula is C22H18N4O3. The molecule has 0 bridgehead atoms. The number of rotatable bonds is 7. The van der Waals surface area contributed by atoms with Gasteiger partial charge in [-0.25, -0.2) is 4.98 Å². The summed E-state index contributed by atoms with van der Waals surface area (Å²) >= 11 is 0. The molecule has 1 N–H and O–H groups in total. The minimum Gasteiger partial charge on any atom is -0.433 e. The third-order valence-electron chi connectivity index (χ3n) is 4.48. The summed E-state index contributed by atoms with van der Waals surface area (Å²) in [6.45, 7) is 0.496. The fourth-order valence-electron chi connectivity index (χ4n) is 3.09. The smallest absolute Gasteiger partial charge is 0.373 e. The van der Waals surface area contributed by atoms with E-state index in [1.54, 1.807) is 6.07 Å². The van der Waals surface area contributed by atoms with Crippen molar-refractivity contribution in [3.05, 3.63) is 94.8 Å². The van der Waals surface area contributed by atoms with Gasteiger partial charge in [-0.2, -0.15) is 4.98 Å². The van der Waals surface area contributed by atoms with Gasteiger partial charge in [-0.3, -0.25) is 10.1 Å². The summed E-state index contributed by atoms with van der Waals surface area (Å²) < 4.78 is 5.86. The summed E-state index contributed by atoms with van der Waals surface area (Å²) in [5.41, 5.74) is 0.845. The number of anilines is 1. The maximum Gasteiger partial charge on any atom is 0.373 e. The van der Waals surface area contributed by atoms with E-state index >= 15 is 0 Å². The predicted octanol–water partition coefficient (Wildman–Crippen LogP) is 4.98. The monoisotopic (exact) mass is 386 g/mol. The van der Waals surface area contributed by atoms with Gasteiger partial charge in [0.05, 0.1) is 4.92 Å². The van der Waals surface area contributed by atoms with Crippen LogP contribution in [-0.4, -0.2) is 21.4 Å². The van der Waals surface area contributed by atoms with E-state index in [0.717, 1.165) is 16.3 Å². The summed E-state index contributed by atoms with van der Waals surface area (Å²) in [5.74, 6) is 0.542. The largest absolute Gasteiger partial charge is 0.433 e. The van der Waals surface area contributed by atoms with Gasteiger partial charge in [0.1, 0.15) is 12.1 Å². The second-order valence-electron chi connectivity index (χ2n) is 6.37. The second kappa shape index (κ2) is 8.35. The molecule has 0 saturated heterocycles. The van der Waals surface area contributed by atoms with Crippen molar-refractivity contribution >= 4 is 22.3 Å². The minimum atomic E-state index is -0.523. The highest BCUT2D eigenvalue weighted by Gasteiger charge is 2.25. The van der Waals surface area contributed by atoms with E-state index in [4.69, 9.17) is 4.74 Å². The third-order valence-corrected chi connectivity index (χ3v) is 4.48. The van der Waals surface area contributed by atoms with Crippen LogP contribution < -0.4 is 10.1 Å². The number of nitrogens with zero attached hydrogens (tertiary/aromatic N) is 3. The molecule has 0 aliphatic carbocycles. The number of aromatic nitrogens is 2. The first-order valence-corrected chi connectivity index (χ1v) is 9.15. The van der Waals surface area contributed by atoms with Crippen molar-refractivity contribution in [1.29, 1.82) is 0 Å². The molecule has 0 saturated carbocycles. The molecule has 1 aromatic heterocycles. The van der Waals surface area contributed by atoms with Crippen LogP contribution in [0.3, 0.4) is 0 Å². The Morgan fingerprint density at radius 3 is 2.52 bits per heavy atom. The van der Waals surface area contributed by atoms with Crippen LogP contribution in [0.25, 0.3) is 10.8 Å². The number of benzene rings is 3. The Morgan fingerprint density at radius 2 is 1.69 bits per heavy atom. The van der Waals surface area contributed by atoms with Crippen LogP contribution in [-0.2, 0) is 6.42 Å². The Hall–Kier alpha value is -4.00. The summed E-state index contributed by atoms with van der Waals surface area (Å²) in [5, 5.41) is 16.6. The summed E-state index contributed by atoms with van der Waals surface area (Å²) in [7, 11) is 0. The van der Waals surface area contributed by atoms with Crippen molar-refractivity contribution in [2.45, 2.75) is 6.42 Å². The Kier molecular flexibility index (Phi) is 5.29. The quantitative estimate of drug-likeness (QED) is 0.356. The highest BCUT2D eigenvalue weighted by atomic mass is 16.6. The van der Waals surface area contributed by atoms with Crippen molar-refractivity contribution in [3.8, 4) is 11.6 Å². The lowest BCUT2D eigenvalue weighted by molar-refractivity contribution is -0.385. The summed E-state index contributed by atoms with van der Waals surface area (Å²) in [4.78, 5) is 19.3. The molecule has 0 aliphatic heterocycles. The van der Waals surface area contributed by atoms with E-state index in [1.165, 1.54) is 6.33 Å². The zero-order chi connectivity index (χ0) is 20.1. The normalized spacial score (nSPS) is 10.6. The molecule has 0 spiro atoms. The van der Waals surface area contributed by atoms with Crippen LogP contribution in [0.2, 0.25) is 0 Å². The van der Waals surface area contributed by atoms with E-state index in [0.29, 0.717) is 18.7 Å². The van der Waals surface area contributed by atoms with E-state index in [1.807, 2.05) is 66.7 Å². The second-order valence-corrected chi connectivity index (χ2v) is 6.37. The molecule has 0 atom stereocenters. The van der Waals surface area contributed by atoms with Gasteiger partial charge in [-0.1, -0.05) is 66.7 Å². The lowest BCUT2D eigenvalue weighted by Crippen LogP contribution is -2.10. The van der Waals surface area contributed by atoms with Gasteiger partial charge in [0.15, 0.2) is 0 Å². The first-order valence-electron chi connectivity index (χ1n) is 9.15. The molecule has 3 aromatic carbocycles. The van der Waals surface area contributed by atoms with E-state index < -0.39 is 4.92 Å². The molecule has 29 heavy (non-hydrogen) atoms. The Bertz CT molecular complexity index is 1140. The zero-order valence-electron chi connectivity index (χ0n) is 15.5. The highest BCUT2D eigenvalue weighted by Crippen LogP contribution is 2.36. The maximum atomic E-state index is 11.7. The molecule has 4 rings (SSSR count). The Labute approximate surface area is 167 Å². The van der Waals surface area contributed by atoms with Gasteiger partial charge in [0.25, 0.3) is 0 Å². The van der Waals surface area contributed by atoms with Gasteiger partial charge in [0.2, 0.25) is 5.82 Å². The minimum absolute atomic E-state index is 0.0939. The van der Waals surface area contributed by atoms with Crippen LogP contribution in [0.4, 0.5) is 11.5 Å². The Morgan fingerprint density at radius 1 is 0.931 bits per heavy atom. The number of fused-ring (bicyclic) bond motifs is 1. The number of hydrogen-bond donors (Lipinski definition) is 1. The third kappa shape index (κ3) is 4.14. The van der Waals surface area contributed by atoms with Crippen molar-refractivity contribution in [2.24, 2.45) is 0 Å². The molecule has 144 valence electrons. The van der Waals surface area contributed by atoms with Crippen LogP contribution in [0, 0.1) is 10.1 Å². The van der Waals surface area contributed by atoms with E-state index in [2.05, 4.69) is 15.3 Å². The molecule has 7 nitrogen and oxygen atoms in total. The lowest BCUT2D eigenvalue weighted by atomic mass is 10.1. The molecular weight excluding hydrogens is 368 g/mol. The van der Waals surface area contributed by atoms with Crippen LogP contribution in [0.1, 0.15) is 5.56 Å². The Balaban J connectivity index is 1.60. The topological polar surface area (TPSA) is 90.2 Å². The standard InChI is InChI=1S/C22H18N4O3/c27-26(28)20-21(23-14-13-16-7-2-1-3-8-16)24-15-25-22(20)29-19-12-6-10-17-9-4-5-11-18(17)19/h1-12,15H,13-14H2,(H,23,24,25). The molecule has 0 radical (unpaired) electrons. The highest BCUT2D eigenvalue weighted by molar-refractivity contribution is 5.88. The molecule has 0 unspecified atom stereocenters. The van der Waals surface area contributed by atoms with Crippen molar-refractivity contribution in [1.82, 2.24) is 9.97 Å². The first kappa shape index (κ1) is 18.4. The van der Waals surface area contributed by atoms with Gasteiger partial charge in [-0.15, -0.1) is 0 Å². The van der Waals surface area contributed by atoms with Crippen LogP contribution >= 0.6 is 0 Å². The van der Waals surface area contributed by atoms with Gasteiger partial charge in [-0.05, 0) is 23.4 Å². The van der Waals surface area contributed by atoms with E-state index in [-0.39, 0.29) is 17.4 Å². The maximum absolute atomic E-state index is 11.7. The molecule has 4 aromatic rings. The van der Waals surface area contributed by atoms with Crippen LogP contribution in [0.15, 0.2) is 79.1 Å². The predicted molar refractivity (Wildman–Crippen MR) is 111 cm³/mol. The number of nitro groups is 1. The molecule has 1 heterocycles. The SMILES string of the molecule is O=[N+]([O-])c1c(NCCc2ccccc2)ncnc1Oc1cccc2ccccc12. The number of nitrogens with one attached hydrogen (secondary N) is 1. The lowest BCUT2D eigenvalue weighted by Gasteiger charge is -2.11. The van der Waals surface area contributed by atoms with Crippen molar-refractivity contribution in [3.63, 3.8) is 0 Å².